The third-order valence-electron chi connectivity index (χ3n) is 4.75. The summed E-state index contributed by atoms with van der Waals surface area (Å²) in [4.78, 5) is 12.5. The van der Waals surface area contributed by atoms with Gasteiger partial charge in [-0.25, -0.2) is 4.79 Å². The number of rotatable bonds is 5. The lowest BCUT2D eigenvalue weighted by atomic mass is 9.82. The molecule has 2 nitrogen and oxygen atoms in total. The van der Waals surface area contributed by atoms with Gasteiger partial charge in [-0.15, -0.1) is 0 Å². The second-order valence-corrected chi connectivity index (χ2v) is 9.41. The number of hydrogen-bond donors (Lipinski definition) is 0. The van der Waals surface area contributed by atoms with Crippen LogP contribution in [0.4, 0.5) is 0 Å². The van der Waals surface area contributed by atoms with Crippen molar-refractivity contribution in [2.45, 2.75) is 51.0 Å². The summed E-state index contributed by atoms with van der Waals surface area (Å²) in [5, 5.41) is 0. The van der Waals surface area contributed by atoms with E-state index in [1.165, 1.54) is 26.4 Å². The zero-order valence-electron chi connectivity index (χ0n) is 14.1. The highest BCUT2D eigenvalue weighted by Gasteiger charge is 2.34. The first kappa shape index (κ1) is 17.5. The van der Waals surface area contributed by atoms with Crippen molar-refractivity contribution in [3.63, 3.8) is 0 Å². The smallest absolute Gasteiger partial charge is 0.357 e. The Hall–Kier alpha value is -1.36. The summed E-state index contributed by atoms with van der Waals surface area (Å²) in [6, 6.07) is 18.5. The summed E-state index contributed by atoms with van der Waals surface area (Å²) in [6.45, 7) is 2.13. The zero-order valence-corrected chi connectivity index (χ0v) is 16.3. The van der Waals surface area contributed by atoms with E-state index >= 15 is 0 Å². The molecule has 0 N–H and O–H groups in total. The molecule has 2 aromatic rings. The highest BCUT2D eigenvalue weighted by Crippen LogP contribution is 2.35. The van der Waals surface area contributed by atoms with Gasteiger partial charge in [-0.1, -0.05) is 31.5 Å². The molecule has 2 aromatic carbocycles. The van der Waals surface area contributed by atoms with Crippen molar-refractivity contribution in [3.05, 3.63) is 67.3 Å². The van der Waals surface area contributed by atoms with E-state index in [0.717, 1.165) is 19.3 Å². The maximum absolute atomic E-state index is 12.5. The number of benzene rings is 2. The normalized spacial score (nSPS) is 16.5. The van der Waals surface area contributed by atoms with Crippen LogP contribution in [0.5, 0.6) is 0 Å². The second-order valence-electron chi connectivity index (χ2n) is 6.38. The van der Waals surface area contributed by atoms with Crippen LogP contribution in [0.2, 0.25) is 0 Å². The van der Waals surface area contributed by atoms with Crippen LogP contribution in [0.3, 0.4) is 0 Å². The van der Waals surface area contributed by atoms with E-state index in [4.69, 9.17) is 4.74 Å². The fourth-order valence-corrected chi connectivity index (χ4v) is 5.45. The maximum Gasteiger partial charge on any atom is 0.357 e. The van der Waals surface area contributed by atoms with E-state index in [1.54, 1.807) is 0 Å². The number of carbonyl (C=O) groups excluding carboxylic acids is 1. The molecule has 0 aliphatic heterocycles. The zero-order chi connectivity index (χ0) is 16.8. The van der Waals surface area contributed by atoms with Crippen LogP contribution >= 0.6 is 0 Å². The Morgan fingerprint density at radius 1 is 0.958 bits per heavy atom. The third-order valence-corrected chi connectivity index (χ3v) is 7.43. The molecule has 126 valence electrons. The van der Waals surface area contributed by atoms with Crippen molar-refractivity contribution in [2.75, 3.05) is 0 Å². The molecule has 0 heterocycles. The van der Waals surface area contributed by atoms with Gasteiger partial charge in [-0.2, -0.15) is 0 Å². The van der Waals surface area contributed by atoms with Crippen molar-refractivity contribution in [2.24, 2.45) is 0 Å². The summed E-state index contributed by atoms with van der Waals surface area (Å²) in [5.74, 6) is -0.164. The third kappa shape index (κ3) is 4.38. The van der Waals surface area contributed by atoms with Crippen LogP contribution in [0, 0.1) is 7.14 Å². The Morgan fingerprint density at radius 2 is 1.58 bits per heavy atom. The Labute approximate surface area is 154 Å². The Bertz CT molecular complexity index is 658. The largest absolute Gasteiger partial charge is 0.455 e. The molecule has 1 fully saturated rings. The molecular formula is C21H24IO2+. The molecule has 1 saturated carbocycles. The number of ether oxygens (including phenoxy) is 1. The predicted molar refractivity (Wildman–Crippen MR) is 91.8 cm³/mol. The highest BCUT2D eigenvalue weighted by atomic mass is 127. The van der Waals surface area contributed by atoms with Crippen molar-refractivity contribution >= 4 is 5.97 Å². The summed E-state index contributed by atoms with van der Waals surface area (Å²) < 4.78 is 8.65. The maximum atomic E-state index is 12.5. The highest BCUT2D eigenvalue weighted by molar-refractivity contribution is 5.89. The average Bonchev–Trinajstić information content (AvgIpc) is 2.64. The van der Waals surface area contributed by atoms with Crippen molar-refractivity contribution in [3.8, 4) is 0 Å². The van der Waals surface area contributed by atoms with Crippen LogP contribution in [-0.2, 0) is 4.74 Å². The van der Waals surface area contributed by atoms with Gasteiger partial charge in [0.05, 0.1) is 5.56 Å². The van der Waals surface area contributed by atoms with Crippen LogP contribution in [0.15, 0.2) is 54.6 Å². The molecule has 0 aromatic heterocycles. The van der Waals surface area contributed by atoms with Crippen LogP contribution in [-0.4, -0.2) is 11.6 Å². The van der Waals surface area contributed by atoms with Gasteiger partial charge in [0.1, 0.15) is 5.60 Å². The lowest BCUT2D eigenvalue weighted by Gasteiger charge is -2.36. The summed E-state index contributed by atoms with van der Waals surface area (Å²) in [5.41, 5.74) is 0.444. The van der Waals surface area contributed by atoms with Crippen LogP contribution < -0.4 is 21.2 Å². The van der Waals surface area contributed by atoms with Gasteiger partial charge < -0.3 is 4.74 Å². The van der Waals surface area contributed by atoms with Crippen LogP contribution in [0.1, 0.15) is 55.8 Å². The van der Waals surface area contributed by atoms with Gasteiger partial charge in [0.15, 0.2) is 7.14 Å². The van der Waals surface area contributed by atoms with E-state index in [-0.39, 0.29) is 32.8 Å². The first-order valence-corrected chi connectivity index (χ1v) is 10.9. The molecular weight excluding hydrogens is 411 g/mol. The van der Waals surface area contributed by atoms with E-state index in [2.05, 4.69) is 43.3 Å². The van der Waals surface area contributed by atoms with E-state index in [9.17, 15) is 4.79 Å². The lowest BCUT2D eigenvalue weighted by molar-refractivity contribution is -0.597. The quantitative estimate of drug-likeness (QED) is 0.531. The number of halogens is 1. The summed E-state index contributed by atoms with van der Waals surface area (Å²) in [6.07, 6.45) is 6.52. The number of hydrogen-bond acceptors (Lipinski definition) is 2. The average molecular weight is 435 g/mol. The molecule has 0 atom stereocenters. The topological polar surface area (TPSA) is 26.3 Å². The SMILES string of the molecule is CCC1(OC(=O)c2ccc([I+]c3ccccc3)cc2)CCCCC1. The Balaban J connectivity index is 1.65. The Kier molecular flexibility index (Phi) is 5.93. The summed E-state index contributed by atoms with van der Waals surface area (Å²) >= 11 is -0.187. The minimum atomic E-state index is -0.231. The molecule has 3 rings (SSSR count). The van der Waals surface area contributed by atoms with Gasteiger partial charge >= 0.3 is 27.2 Å². The van der Waals surface area contributed by atoms with Gasteiger partial charge in [0, 0.05) is 0 Å². The van der Waals surface area contributed by atoms with Crippen LogP contribution in [0.25, 0.3) is 0 Å². The molecule has 0 spiro atoms. The van der Waals surface area contributed by atoms with Gasteiger partial charge in [0.25, 0.3) is 0 Å². The fourth-order valence-electron chi connectivity index (χ4n) is 3.23. The van der Waals surface area contributed by atoms with E-state index in [1.807, 2.05) is 18.2 Å². The minimum absolute atomic E-state index is 0.164. The molecule has 1 aliphatic rings. The minimum Gasteiger partial charge on any atom is -0.455 e. The van der Waals surface area contributed by atoms with Gasteiger partial charge in [0.2, 0.25) is 0 Å². The standard InChI is InChI=1S/C21H24IO2/c1-2-21(15-7-4-8-16-21)24-20(23)17-11-13-19(14-12-17)22-18-9-5-3-6-10-18/h3,5-6,9-14H,2,4,7-8,15-16H2,1H3/q+1. The Morgan fingerprint density at radius 3 is 2.21 bits per heavy atom. The first-order valence-electron chi connectivity index (χ1n) is 8.74. The molecule has 0 radical (unpaired) electrons. The molecule has 0 amide bonds. The van der Waals surface area contributed by atoms with E-state index < -0.39 is 0 Å². The molecule has 0 saturated heterocycles. The van der Waals surface area contributed by atoms with Crippen molar-refractivity contribution in [1.29, 1.82) is 0 Å². The number of carbonyl (C=O) groups is 1. The number of esters is 1. The predicted octanol–water partition coefficient (Wildman–Crippen LogP) is 2.08. The molecule has 1 aliphatic carbocycles. The molecule has 0 bridgehead atoms. The lowest BCUT2D eigenvalue weighted by Crippen LogP contribution is -3.61. The summed E-state index contributed by atoms with van der Waals surface area (Å²) in [7, 11) is 0. The molecule has 24 heavy (non-hydrogen) atoms. The fraction of sp³-hybridized carbons (Fsp3) is 0.381. The van der Waals surface area contributed by atoms with E-state index in [0.29, 0.717) is 5.56 Å². The monoisotopic (exact) mass is 435 g/mol. The van der Waals surface area contributed by atoms with Gasteiger partial charge in [-0.3, -0.25) is 0 Å². The first-order chi connectivity index (χ1) is 11.7. The van der Waals surface area contributed by atoms with Crippen molar-refractivity contribution in [1.82, 2.24) is 0 Å². The molecule has 3 heteroatoms. The molecule has 0 unspecified atom stereocenters. The van der Waals surface area contributed by atoms with Gasteiger partial charge in [-0.05, 0) is 68.5 Å². The van der Waals surface area contributed by atoms with Crippen molar-refractivity contribution < 1.29 is 30.7 Å². The second kappa shape index (κ2) is 8.15.